The minimum absolute atomic E-state index is 0.105. The van der Waals surface area contributed by atoms with Gasteiger partial charge >= 0.3 is 0 Å². The van der Waals surface area contributed by atoms with Crippen molar-refractivity contribution in [2.24, 2.45) is 5.84 Å². The molecule has 100 valence electrons. The van der Waals surface area contributed by atoms with Crippen molar-refractivity contribution in [3.63, 3.8) is 0 Å². The summed E-state index contributed by atoms with van der Waals surface area (Å²) in [6, 6.07) is 0.361. The summed E-state index contributed by atoms with van der Waals surface area (Å²) >= 11 is 0. The predicted octanol–water partition coefficient (Wildman–Crippen LogP) is 1.74. The van der Waals surface area contributed by atoms with Crippen LogP contribution >= 0.6 is 0 Å². The zero-order valence-corrected chi connectivity index (χ0v) is 10.9. The Kier molecular flexibility index (Phi) is 4.79. The van der Waals surface area contributed by atoms with Gasteiger partial charge in [0.05, 0.1) is 11.7 Å². The van der Waals surface area contributed by atoms with Gasteiger partial charge < -0.3 is 9.47 Å². The van der Waals surface area contributed by atoms with Crippen molar-refractivity contribution in [2.45, 2.75) is 69.1 Å². The molecule has 1 aliphatic heterocycles. The fraction of sp³-hybridized carbons (Fsp3) is 1.00. The maximum atomic E-state index is 5.65. The second-order valence-electron chi connectivity index (χ2n) is 5.52. The zero-order valence-electron chi connectivity index (χ0n) is 10.9. The molecule has 2 aliphatic rings. The highest BCUT2D eigenvalue weighted by Crippen LogP contribution is 2.39. The van der Waals surface area contributed by atoms with Gasteiger partial charge in [0.25, 0.3) is 0 Å². The Balaban J connectivity index is 1.71. The molecule has 4 nitrogen and oxygen atoms in total. The molecule has 0 amide bonds. The van der Waals surface area contributed by atoms with Gasteiger partial charge in [0.15, 0.2) is 0 Å². The van der Waals surface area contributed by atoms with Crippen molar-refractivity contribution >= 4 is 0 Å². The van der Waals surface area contributed by atoms with Crippen LogP contribution in [-0.2, 0) is 9.47 Å². The van der Waals surface area contributed by atoms with Crippen LogP contribution in [0.5, 0.6) is 0 Å². The normalized spacial score (nSPS) is 28.9. The Hall–Kier alpha value is -0.160. The number of methoxy groups -OCH3 is 1. The number of nitrogens with two attached hydrogens (primary N) is 1. The Bertz CT molecular complexity index is 220. The number of hydrogen-bond donors (Lipinski definition) is 2. The second-order valence-corrected chi connectivity index (χ2v) is 5.52. The third-order valence-electron chi connectivity index (χ3n) is 4.41. The van der Waals surface area contributed by atoms with E-state index >= 15 is 0 Å². The van der Waals surface area contributed by atoms with E-state index in [1.165, 1.54) is 32.1 Å². The standard InChI is InChI=1S/C13H26N2O2/c1-16-13(7-3-8-13)10-11(15-14)5-6-12-4-2-9-17-12/h11-12,15H,2-10,14H2,1H3. The van der Waals surface area contributed by atoms with Gasteiger partial charge in [-0.3, -0.25) is 11.3 Å². The summed E-state index contributed by atoms with van der Waals surface area (Å²) in [5, 5.41) is 0. The molecule has 1 aliphatic carbocycles. The lowest BCUT2D eigenvalue weighted by Crippen LogP contribution is -2.47. The largest absolute Gasteiger partial charge is 0.378 e. The third kappa shape index (κ3) is 3.41. The van der Waals surface area contributed by atoms with E-state index in [-0.39, 0.29) is 5.60 Å². The molecule has 1 saturated heterocycles. The van der Waals surface area contributed by atoms with Crippen LogP contribution in [-0.4, -0.2) is 31.5 Å². The highest BCUT2D eigenvalue weighted by Gasteiger charge is 2.38. The first-order valence-corrected chi connectivity index (χ1v) is 6.91. The van der Waals surface area contributed by atoms with Crippen LogP contribution in [0.1, 0.15) is 51.4 Å². The number of hydrogen-bond acceptors (Lipinski definition) is 4. The smallest absolute Gasteiger partial charge is 0.0694 e. The second kappa shape index (κ2) is 6.14. The number of hydrazine groups is 1. The van der Waals surface area contributed by atoms with Gasteiger partial charge in [-0.25, -0.2) is 0 Å². The highest BCUT2D eigenvalue weighted by atomic mass is 16.5. The lowest BCUT2D eigenvalue weighted by atomic mass is 9.75. The minimum atomic E-state index is 0.105. The van der Waals surface area contributed by atoms with Gasteiger partial charge in [-0.1, -0.05) is 0 Å². The summed E-state index contributed by atoms with van der Waals surface area (Å²) in [4.78, 5) is 0. The fourth-order valence-corrected chi connectivity index (χ4v) is 3.02. The van der Waals surface area contributed by atoms with Crippen LogP contribution < -0.4 is 11.3 Å². The summed E-state index contributed by atoms with van der Waals surface area (Å²) in [5.41, 5.74) is 3.05. The molecule has 0 aromatic heterocycles. The molecule has 2 unspecified atom stereocenters. The van der Waals surface area contributed by atoms with Crippen molar-refractivity contribution in [3.8, 4) is 0 Å². The Morgan fingerprint density at radius 1 is 1.47 bits per heavy atom. The molecule has 0 radical (unpaired) electrons. The molecule has 2 atom stereocenters. The number of ether oxygens (including phenoxy) is 2. The first-order valence-electron chi connectivity index (χ1n) is 6.91. The quantitative estimate of drug-likeness (QED) is 0.527. The van der Waals surface area contributed by atoms with E-state index in [1.807, 2.05) is 7.11 Å². The summed E-state index contributed by atoms with van der Waals surface area (Å²) in [7, 11) is 1.83. The molecule has 1 heterocycles. The van der Waals surface area contributed by atoms with Crippen LogP contribution in [0.15, 0.2) is 0 Å². The van der Waals surface area contributed by atoms with E-state index in [0.29, 0.717) is 12.1 Å². The van der Waals surface area contributed by atoms with E-state index in [1.54, 1.807) is 0 Å². The van der Waals surface area contributed by atoms with Crippen LogP contribution in [0.2, 0.25) is 0 Å². The molecular weight excluding hydrogens is 216 g/mol. The maximum absolute atomic E-state index is 5.65. The van der Waals surface area contributed by atoms with Gasteiger partial charge in [0.2, 0.25) is 0 Å². The summed E-state index contributed by atoms with van der Waals surface area (Å²) < 4.78 is 11.3. The molecule has 4 heteroatoms. The molecule has 2 fully saturated rings. The molecule has 0 spiro atoms. The molecule has 1 saturated carbocycles. The van der Waals surface area contributed by atoms with E-state index < -0.39 is 0 Å². The lowest BCUT2D eigenvalue weighted by Gasteiger charge is -2.42. The first-order chi connectivity index (χ1) is 8.28. The van der Waals surface area contributed by atoms with E-state index in [2.05, 4.69) is 5.43 Å². The molecule has 0 aromatic carbocycles. The fourth-order valence-electron chi connectivity index (χ4n) is 3.02. The predicted molar refractivity (Wildman–Crippen MR) is 67.5 cm³/mol. The molecule has 2 rings (SSSR count). The lowest BCUT2D eigenvalue weighted by molar-refractivity contribution is -0.0844. The van der Waals surface area contributed by atoms with Crippen molar-refractivity contribution in [3.05, 3.63) is 0 Å². The van der Waals surface area contributed by atoms with E-state index in [4.69, 9.17) is 15.3 Å². The maximum Gasteiger partial charge on any atom is 0.0694 e. The van der Waals surface area contributed by atoms with Gasteiger partial charge in [-0.2, -0.15) is 0 Å². The molecule has 17 heavy (non-hydrogen) atoms. The summed E-state index contributed by atoms with van der Waals surface area (Å²) in [5.74, 6) is 5.65. The molecule has 0 bridgehead atoms. The van der Waals surface area contributed by atoms with Crippen LogP contribution in [0, 0.1) is 0 Å². The Labute approximate surface area is 104 Å². The van der Waals surface area contributed by atoms with E-state index in [9.17, 15) is 0 Å². The summed E-state index contributed by atoms with van der Waals surface area (Å²) in [6.07, 6.45) is 9.79. The number of rotatable bonds is 7. The van der Waals surface area contributed by atoms with Crippen LogP contribution in [0.4, 0.5) is 0 Å². The van der Waals surface area contributed by atoms with Gasteiger partial charge in [-0.05, 0) is 51.4 Å². The Morgan fingerprint density at radius 3 is 2.76 bits per heavy atom. The van der Waals surface area contributed by atoms with Crippen molar-refractivity contribution in [1.29, 1.82) is 0 Å². The van der Waals surface area contributed by atoms with Gasteiger partial charge in [0.1, 0.15) is 0 Å². The van der Waals surface area contributed by atoms with Gasteiger partial charge in [-0.15, -0.1) is 0 Å². The highest BCUT2D eigenvalue weighted by molar-refractivity contribution is 4.92. The SMILES string of the molecule is COC1(CC(CCC2CCCO2)NN)CCC1. The van der Waals surface area contributed by atoms with Crippen LogP contribution in [0.25, 0.3) is 0 Å². The van der Waals surface area contributed by atoms with Crippen molar-refractivity contribution in [2.75, 3.05) is 13.7 Å². The first kappa shape index (κ1) is 13.3. The monoisotopic (exact) mass is 242 g/mol. The van der Waals surface area contributed by atoms with Crippen LogP contribution in [0.3, 0.4) is 0 Å². The zero-order chi connectivity index (χ0) is 12.1. The van der Waals surface area contributed by atoms with Crippen molar-refractivity contribution < 1.29 is 9.47 Å². The third-order valence-corrected chi connectivity index (χ3v) is 4.41. The Morgan fingerprint density at radius 2 is 2.29 bits per heavy atom. The van der Waals surface area contributed by atoms with Crippen molar-refractivity contribution in [1.82, 2.24) is 5.43 Å². The molecule has 3 N–H and O–H groups in total. The topological polar surface area (TPSA) is 56.5 Å². The number of nitrogens with one attached hydrogen (secondary N) is 1. The average Bonchev–Trinajstić information content (AvgIpc) is 2.80. The minimum Gasteiger partial charge on any atom is -0.378 e. The molecular formula is C13H26N2O2. The van der Waals surface area contributed by atoms with Gasteiger partial charge in [0, 0.05) is 19.8 Å². The average molecular weight is 242 g/mol. The van der Waals surface area contributed by atoms with E-state index in [0.717, 1.165) is 25.9 Å². The molecule has 0 aromatic rings. The summed E-state index contributed by atoms with van der Waals surface area (Å²) in [6.45, 7) is 0.938.